The number of pyridine rings is 1. The molecule has 8 nitrogen and oxygen atoms in total. The second-order valence-electron chi connectivity index (χ2n) is 6.90. The zero-order valence-corrected chi connectivity index (χ0v) is 17.7. The molecule has 0 aliphatic carbocycles. The number of carbonyl (C=O) groups excluding carboxylic acids is 1. The van der Waals surface area contributed by atoms with E-state index in [1.165, 1.54) is 25.0 Å². The summed E-state index contributed by atoms with van der Waals surface area (Å²) in [5.74, 6) is 0.215. The van der Waals surface area contributed by atoms with Crippen molar-refractivity contribution in [1.82, 2.24) is 20.0 Å². The van der Waals surface area contributed by atoms with Gasteiger partial charge in [0.1, 0.15) is 11.5 Å². The highest BCUT2D eigenvalue weighted by atomic mass is 19.1. The van der Waals surface area contributed by atoms with Crippen LogP contribution in [0.2, 0.25) is 0 Å². The summed E-state index contributed by atoms with van der Waals surface area (Å²) in [7, 11) is 3.05. The van der Waals surface area contributed by atoms with E-state index in [1.54, 1.807) is 61.8 Å². The Hall–Kier alpha value is -4.27. The van der Waals surface area contributed by atoms with E-state index in [-0.39, 0.29) is 11.5 Å². The fourth-order valence-corrected chi connectivity index (χ4v) is 3.24. The van der Waals surface area contributed by atoms with Gasteiger partial charge in [-0.05, 0) is 55.0 Å². The highest BCUT2D eigenvalue weighted by molar-refractivity contribution is 6.06. The number of hydrogen-bond acceptors (Lipinski definition) is 6. The van der Waals surface area contributed by atoms with Crippen LogP contribution in [-0.2, 0) is 0 Å². The maximum atomic E-state index is 13.8. The first kappa shape index (κ1) is 21.0. The third kappa shape index (κ3) is 4.00. The second kappa shape index (κ2) is 8.84. The lowest BCUT2D eigenvalue weighted by Crippen LogP contribution is -2.14. The molecule has 4 rings (SSSR count). The van der Waals surface area contributed by atoms with Crippen molar-refractivity contribution in [3.63, 3.8) is 0 Å². The van der Waals surface area contributed by atoms with Gasteiger partial charge in [0.2, 0.25) is 0 Å². The Bertz CT molecular complexity index is 1270. The van der Waals surface area contributed by atoms with E-state index < -0.39 is 5.91 Å². The van der Waals surface area contributed by atoms with E-state index in [0.29, 0.717) is 39.7 Å². The quantitative estimate of drug-likeness (QED) is 0.493. The zero-order valence-electron chi connectivity index (χ0n) is 17.7. The van der Waals surface area contributed by atoms with Crippen LogP contribution in [0.15, 0.2) is 60.9 Å². The molecule has 32 heavy (non-hydrogen) atoms. The first-order valence-corrected chi connectivity index (χ1v) is 9.68. The van der Waals surface area contributed by atoms with Crippen molar-refractivity contribution in [2.45, 2.75) is 6.92 Å². The molecule has 0 saturated carbocycles. The van der Waals surface area contributed by atoms with Crippen LogP contribution in [-0.4, -0.2) is 40.1 Å². The number of ether oxygens (including phenoxy) is 2. The molecule has 162 valence electrons. The minimum atomic E-state index is -0.471. The van der Waals surface area contributed by atoms with Crippen LogP contribution in [0, 0.1) is 12.7 Å². The number of carbonyl (C=O) groups is 1. The zero-order chi connectivity index (χ0) is 22.7. The Morgan fingerprint density at radius 1 is 1.06 bits per heavy atom. The number of hydrogen-bond donors (Lipinski definition) is 1. The minimum absolute atomic E-state index is 0.0924. The first-order valence-electron chi connectivity index (χ1n) is 9.68. The van der Waals surface area contributed by atoms with Crippen LogP contribution in [0.4, 0.5) is 10.1 Å². The smallest absolute Gasteiger partial charge is 0.278 e. The van der Waals surface area contributed by atoms with Crippen molar-refractivity contribution < 1.29 is 18.7 Å². The summed E-state index contributed by atoms with van der Waals surface area (Å²) in [4.78, 5) is 17.3. The van der Waals surface area contributed by atoms with Crippen molar-refractivity contribution in [3.8, 4) is 28.4 Å². The van der Waals surface area contributed by atoms with Crippen LogP contribution < -0.4 is 14.8 Å². The monoisotopic (exact) mass is 433 g/mol. The Labute approximate surface area is 183 Å². The fourth-order valence-electron chi connectivity index (χ4n) is 3.24. The molecule has 9 heteroatoms. The maximum absolute atomic E-state index is 13.8. The molecular formula is C23H20FN5O3. The molecule has 2 heterocycles. The van der Waals surface area contributed by atoms with E-state index in [1.807, 2.05) is 0 Å². The summed E-state index contributed by atoms with van der Waals surface area (Å²) >= 11 is 0. The van der Waals surface area contributed by atoms with E-state index in [0.717, 1.165) is 0 Å². The van der Waals surface area contributed by atoms with Gasteiger partial charge in [-0.2, -0.15) is 0 Å². The fraction of sp³-hybridized carbons (Fsp3) is 0.130. The number of halogens is 1. The molecule has 0 saturated heterocycles. The van der Waals surface area contributed by atoms with E-state index in [9.17, 15) is 9.18 Å². The largest absolute Gasteiger partial charge is 0.493 e. The average molecular weight is 433 g/mol. The van der Waals surface area contributed by atoms with Crippen molar-refractivity contribution in [2.75, 3.05) is 19.5 Å². The number of anilines is 1. The van der Waals surface area contributed by atoms with Gasteiger partial charge in [0.15, 0.2) is 17.2 Å². The molecule has 1 N–H and O–H groups in total. The van der Waals surface area contributed by atoms with Crippen LogP contribution in [0.3, 0.4) is 0 Å². The Morgan fingerprint density at radius 2 is 1.88 bits per heavy atom. The standard InChI is InChI=1S/C23H20FN5O3/c1-14-11-17(7-8-18(14)24)29-22(15-5-4-10-25-13-15)21(27-28-29)23(30)26-16-6-9-19(31-2)20(12-16)32-3/h4-13H,1-3H3,(H,26,30). The Balaban J connectivity index is 1.76. The lowest BCUT2D eigenvalue weighted by molar-refractivity contribution is 0.102. The normalized spacial score (nSPS) is 10.6. The predicted octanol–water partition coefficient (Wildman–Crippen LogP) is 4.05. The van der Waals surface area contributed by atoms with Gasteiger partial charge in [-0.1, -0.05) is 5.21 Å². The molecule has 1 amide bonds. The highest BCUT2D eigenvalue weighted by Gasteiger charge is 2.23. The SMILES string of the molecule is COc1ccc(NC(=O)c2nnn(-c3ccc(F)c(C)c3)c2-c2cccnc2)cc1OC. The average Bonchev–Trinajstić information content (AvgIpc) is 3.26. The molecule has 0 unspecified atom stereocenters. The lowest BCUT2D eigenvalue weighted by Gasteiger charge is -2.11. The lowest BCUT2D eigenvalue weighted by atomic mass is 10.1. The summed E-state index contributed by atoms with van der Waals surface area (Å²) in [5.41, 5.74) is 2.68. The highest BCUT2D eigenvalue weighted by Crippen LogP contribution is 2.31. The number of methoxy groups -OCH3 is 2. The van der Waals surface area contributed by atoms with Gasteiger partial charge in [0, 0.05) is 29.7 Å². The van der Waals surface area contributed by atoms with Gasteiger partial charge in [-0.3, -0.25) is 9.78 Å². The third-order valence-electron chi connectivity index (χ3n) is 4.85. The molecule has 0 fully saturated rings. The van der Waals surface area contributed by atoms with E-state index >= 15 is 0 Å². The summed E-state index contributed by atoms with van der Waals surface area (Å²) in [6, 6.07) is 13.1. The molecule has 2 aromatic heterocycles. The predicted molar refractivity (Wildman–Crippen MR) is 117 cm³/mol. The van der Waals surface area contributed by atoms with Gasteiger partial charge in [0.05, 0.1) is 19.9 Å². The van der Waals surface area contributed by atoms with Crippen molar-refractivity contribution in [2.24, 2.45) is 0 Å². The van der Waals surface area contributed by atoms with Crippen LogP contribution in [0.5, 0.6) is 11.5 Å². The molecule has 2 aromatic carbocycles. The summed E-state index contributed by atoms with van der Waals surface area (Å²) in [6.45, 7) is 1.66. The molecule has 0 spiro atoms. The summed E-state index contributed by atoms with van der Waals surface area (Å²) in [5, 5.41) is 11.1. The van der Waals surface area contributed by atoms with Crippen molar-refractivity contribution in [1.29, 1.82) is 0 Å². The number of aromatic nitrogens is 4. The third-order valence-corrected chi connectivity index (χ3v) is 4.85. The van der Waals surface area contributed by atoms with Crippen molar-refractivity contribution >= 4 is 11.6 Å². The molecule has 0 atom stereocenters. The van der Waals surface area contributed by atoms with Gasteiger partial charge >= 0.3 is 0 Å². The van der Waals surface area contributed by atoms with E-state index in [4.69, 9.17) is 9.47 Å². The number of amides is 1. The molecule has 4 aromatic rings. The van der Waals surface area contributed by atoms with Gasteiger partial charge in [-0.25, -0.2) is 9.07 Å². The second-order valence-corrected chi connectivity index (χ2v) is 6.90. The van der Waals surface area contributed by atoms with Gasteiger partial charge in [-0.15, -0.1) is 5.10 Å². The molecular weight excluding hydrogens is 413 g/mol. The number of aryl methyl sites for hydroxylation is 1. The van der Waals surface area contributed by atoms with Crippen LogP contribution in [0.25, 0.3) is 16.9 Å². The number of nitrogens with zero attached hydrogens (tertiary/aromatic N) is 4. The molecule has 0 bridgehead atoms. The summed E-state index contributed by atoms with van der Waals surface area (Å²) < 4.78 is 25.8. The Kier molecular flexibility index (Phi) is 5.80. The minimum Gasteiger partial charge on any atom is -0.493 e. The van der Waals surface area contributed by atoms with Gasteiger partial charge in [0.25, 0.3) is 5.91 Å². The summed E-state index contributed by atoms with van der Waals surface area (Å²) in [6.07, 6.45) is 3.24. The molecule has 0 radical (unpaired) electrons. The number of rotatable bonds is 6. The molecule has 0 aliphatic rings. The maximum Gasteiger partial charge on any atom is 0.278 e. The van der Waals surface area contributed by atoms with Crippen molar-refractivity contribution in [3.05, 3.63) is 78.0 Å². The van der Waals surface area contributed by atoms with Crippen LogP contribution >= 0.6 is 0 Å². The van der Waals surface area contributed by atoms with Gasteiger partial charge < -0.3 is 14.8 Å². The number of nitrogens with one attached hydrogen (secondary N) is 1. The Morgan fingerprint density at radius 3 is 2.56 bits per heavy atom. The first-order chi connectivity index (χ1) is 15.5. The van der Waals surface area contributed by atoms with E-state index in [2.05, 4.69) is 20.6 Å². The molecule has 0 aliphatic heterocycles. The topological polar surface area (TPSA) is 91.2 Å². The van der Waals surface area contributed by atoms with Crippen LogP contribution in [0.1, 0.15) is 16.1 Å². The number of benzene rings is 2.